The van der Waals surface area contributed by atoms with Crippen LogP contribution < -0.4 is 15.1 Å². The quantitative estimate of drug-likeness (QED) is 0.506. The number of hydroxylamine groups is 1. The van der Waals surface area contributed by atoms with Crippen LogP contribution in [-0.4, -0.2) is 29.9 Å². The van der Waals surface area contributed by atoms with E-state index in [0.717, 1.165) is 10.5 Å². The Kier molecular flexibility index (Phi) is 4.73. The molecular weight excluding hydrogens is 328 g/mol. The first-order valence-corrected chi connectivity index (χ1v) is 8.49. The maximum Gasteiger partial charge on any atom is 0.274 e. The summed E-state index contributed by atoms with van der Waals surface area (Å²) in [6.07, 6.45) is 2.01. The molecule has 24 heavy (non-hydrogen) atoms. The van der Waals surface area contributed by atoms with Gasteiger partial charge < -0.3 is 9.64 Å². The Hall–Kier alpha value is -2.51. The molecule has 2 amide bonds. The molecular formula is C17H16N2O4S. The van der Waals surface area contributed by atoms with Crippen LogP contribution in [0.2, 0.25) is 0 Å². The van der Waals surface area contributed by atoms with E-state index in [0.29, 0.717) is 18.0 Å². The van der Waals surface area contributed by atoms with Gasteiger partial charge in [0.25, 0.3) is 11.8 Å². The number of carbonyl (C=O) groups excluding carboxylic acids is 2. The van der Waals surface area contributed by atoms with Gasteiger partial charge in [0.1, 0.15) is 5.75 Å². The van der Waals surface area contributed by atoms with Crippen LogP contribution in [0.5, 0.6) is 5.75 Å². The van der Waals surface area contributed by atoms with Gasteiger partial charge in [0, 0.05) is 10.5 Å². The van der Waals surface area contributed by atoms with Crippen molar-refractivity contribution < 1.29 is 19.5 Å². The van der Waals surface area contributed by atoms with E-state index in [2.05, 4.69) is 0 Å². The third kappa shape index (κ3) is 3.22. The van der Waals surface area contributed by atoms with Crippen LogP contribution in [0.3, 0.4) is 0 Å². The molecule has 0 spiro atoms. The van der Waals surface area contributed by atoms with E-state index < -0.39 is 5.91 Å². The highest BCUT2D eigenvalue weighted by molar-refractivity contribution is 7.98. The van der Waals surface area contributed by atoms with E-state index >= 15 is 0 Å². The van der Waals surface area contributed by atoms with Crippen LogP contribution in [0.1, 0.15) is 15.9 Å². The molecule has 3 rings (SSSR count). The summed E-state index contributed by atoms with van der Waals surface area (Å²) < 4.78 is 5.42. The van der Waals surface area contributed by atoms with Gasteiger partial charge in [-0.3, -0.25) is 14.8 Å². The second-order valence-electron chi connectivity index (χ2n) is 5.24. The predicted molar refractivity (Wildman–Crippen MR) is 90.6 cm³/mol. The molecule has 2 aromatic rings. The monoisotopic (exact) mass is 344 g/mol. The number of nitrogens with one attached hydrogen (secondary N) is 1. The molecule has 0 aliphatic carbocycles. The normalized spacial score (nSPS) is 13.2. The maximum absolute atomic E-state index is 12.2. The first-order valence-electron chi connectivity index (χ1n) is 7.27. The van der Waals surface area contributed by atoms with Crippen molar-refractivity contribution >= 4 is 29.3 Å². The molecule has 0 unspecified atom stereocenters. The Morgan fingerprint density at radius 1 is 1.29 bits per heavy atom. The van der Waals surface area contributed by atoms with E-state index in [9.17, 15) is 9.59 Å². The lowest BCUT2D eigenvalue weighted by Crippen LogP contribution is -2.38. The Morgan fingerprint density at radius 2 is 2.04 bits per heavy atom. The van der Waals surface area contributed by atoms with Gasteiger partial charge in [0.05, 0.1) is 12.2 Å². The van der Waals surface area contributed by atoms with Crippen molar-refractivity contribution in [3.63, 3.8) is 0 Å². The number of amides is 2. The largest absolute Gasteiger partial charge is 0.482 e. The van der Waals surface area contributed by atoms with Gasteiger partial charge in [-0.15, -0.1) is 11.8 Å². The zero-order chi connectivity index (χ0) is 17.1. The smallest absolute Gasteiger partial charge is 0.274 e. The molecule has 1 aliphatic rings. The van der Waals surface area contributed by atoms with Gasteiger partial charge in [0.15, 0.2) is 6.61 Å². The summed E-state index contributed by atoms with van der Waals surface area (Å²) in [5.74, 6) is -0.329. The number of ether oxygens (including phenoxy) is 1. The molecule has 0 saturated carbocycles. The van der Waals surface area contributed by atoms with Gasteiger partial charge >= 0.3 is 0 Å². The Labute approximate surface area is 143 Å². The summed E-state index contributed by atoms with van der Waals surface area (Å²) >= 11 is 1.66. The van der Waals surface area contributed by atoms with Gasteiger partial charge in [-0.2, -0.15) is 0 Å². The fourth-order valence-corrected chi connectivity index (χ4v) is 2.91. The van der Waals surface area contributed by atoms with Crippen LogP contribution in [0, 0.1) is 0 Å². The number of hydrogen-bond donors (Lipinski definition) is 2. The van der Waals surface area contributed by atoms with Crippen molar-refractivity contribution in [3.8, 4) is 5.75 Å². The fourth-order valence-electron chi connectivity index (χ4n) is 2.50. The van der Waals surface area contributed by atoms with Crippen molar-refractivity contribution in [2.24, 2.45) is 0 Å². The molecule has 0 bridgehead atoms. The minimum atomic E-state index is -0.627. The predicted octanol–water partition coefficient (Wildman–Crippen LogP) is 2.45. The van der Waals surface area contributed by atoms with Crippen molar-refractivity contribution in [2.45, 2.75) is 11.4 Å². The minimum Gasteiger partial charge on any atom is -0.482 e. The highest BCUT2D eigenvalue weighted by atomic mass is 32.2. The number of anilines is 1. The van der Waals surface area contributed by atoms with Crippen LogP contribution >= 0.6 is 11.8 Å². The second kappa shape index (κ2) is 6.94. The molecule has 0 saturated heterocycles. The Bertz CT molecular complexity index is 777. The number of benzene rings is 2. The summed E-state index contributed by atoms with van der Waals surface area (Å²) in [6, 6.07) is 12.7. The summed E-state index contributed by atoms with van der Waals surface area (Å²) in [6.45, 7) is 0.343. The van der Waals surface area contributed by atoms with Gasteiger partial charge in [-0.25, -0.2) is 5.48 Å². The zero-order valence-corrected chi connectivity index (χ0v) is 13.8. The molecule has 0 radical (unpaired) electrons. The van der Waals surface area contributed by atoms with Crippen molar-refractivity contribution in [1.29, 1.82) is 0 Å². The van der Waals surface area contributed by atoms with E-state index in [1.54, 1.807) is 28.2 Å². The lowest BCUT2D eigenvalue weighted by atomic mass is 10.1. The molecule has 0 fully saturated rings. The average molecular weight is 344 g/mol. The third-order valence-corrected chi connectivity index (χ3v) is 4.51. The SMILES string of the molecule is CSc1ccc(CN2C(=O)COc3cc(C(=O)NO)ccc32)cc1. The number of fused-ring (bicyclic) bond motifs is 1. The van der Waals surface area contributed by atoms with Gasteiger partial charge in [0.2, 0.25) is 0 Å². The first kappa shape index (κ1) is 16.4. The molecule has 0 atom stereocenters. The number of hydrogen-bond acceptors (Lipinski definition) is 5. The second-order valence-corrected chi connectivity index (χ2v) is 6.12. The number of rotatable bonds is 4. The topological polar surface area (TPSA) is 78.9 Å². The van der Waals surface area contributed by atoms with E-state index in [1.807, 2.05) is 30.5 Å². The van der Waals surface area contributed by atoms with Crippen LogP contribution in [0.4, 0.5) is 5.69 Å². The van der Waals surface area contributed by atoms with E-state index in [1.165, 1.54) is 12.1 Å². The van der Waals surface area contributed by atoms with E-state index in [-0.39, 0.29) is 18.1 Å². The number of thioether (sulfide) groups is 1. The lowest BCUT2D eigenvalue weighted by Gasteiger charge is -2.29. The minimum absolute atomic E-state index is 0.0832. The third-order valence-electron chi connectivity index (χ3n) is 3.77. The van der Waals surface area contributed by atoms with Crippen molar-refractivity contribution in [2.75, 3.05) is 17.8 Å². The van der Waals surface area contributed by atoms with Crippen molar-refractivity contribution in [1.82, 2.24) is 5.48 Å². The van der Waals surface area contributed by atoms with E-state index in [4.69, 9.17) is 9.94 Å². The molecule has 1 aliphatic heterocycles. The summed E-state index contributed by atoms with van der Waals surface area (Å²) in [4.78, 5) is 26.5. The van der Waals surface area contributed by atoms with Gasteiger partial charge in [-0.05, 0) is 42.2 Å². The molecule has 1 heterocycles. The zero-order valence-electron chi connectivity index (χ0n) is 13.0. The number of carbonyl (C=O) groups is 2. The van der Waals surface area contributed by atoms with Crippen molar-refractivity contribution in [3.05, 3.63) is 53.6 Å². The Morgan fingerprint density at radius 3 is 2.71 bits per heavy atom. The van der Waals surface area contributed by atoms with Crippen LogP contribution in [-0.2, 0) is 11.3 Å². The highest BCUT2D eigenvalue weighted by Gasteiger charge is 2.26. The molecule has 0 aromatic heterocycles. The standard InChI is InChI=1S/C17H16N2O4S/c1-24-13-5-2-11(3-6-13)9-19-14-7-4-12(17(21)18-22)8-15(14)23-10-16(19)20/h2-8,22H,9-10H2,1H3,(H,18,21). The molecule has 2 aromatic carbocycles. The fraction of sp³-hybridized carbons (Fsp3) is 0.176. The molecule has 7 heteroatoms. The Balaban J connectivity index is 1.88. The van der Waals surface area contributed by atoms with Gasteiger partial charge in [-0.1, -0.05) is 12.1 Å². The maximum atomic E-state index is 12.2. The van der Waals surface area contributed by atoms with Crippen LogP contribution in [0.15, 0.2) is 47.4 Å². The average Bonchev–Trinajstić information content (AvgIpc) is 2.63. The first-order chi connectivity index (χ1) is 11.6. The summed E-state index contributed by atoms with van der Waals surface area (Å²) in [5.41, 5.74) is 3.45. The molecule has 6 nitrogen and oxygen atoms in total. The highest BCUT2D eigenvalue weighted by Crippen LogP contribution is 2.34. The summed E-state index contributed by atoms with van der Waals surface area (Å²) in [5, 5.41) is 8.72. The molecule has 124 valence electrons. The van der Waals surface area contributed by atoms with Crippen LogP contribution in [0.25, 0.3) is 0 Å². The summed E-state index contributed by atoms with van der Waals surface area (Å²) in [7, 11) is 0. The molecule has 2 N–H and O–H groups in total. The lowest BCUT2D eigenvalue weighted by molar-refractivity contribution is -0.121. The number of nitrogens with zero attached hydrogens (tertiary/aromatic N) is 1.